The van der Waals surface area contributed by atoms with Crippen LogP contribution >= 0.6 is 0 Å². The first kappa shape index (κ1) is 14.9. The first-order valence-corrected chi connectivity index (χ1v) is 7.53. The van der Waals surface area contributed by atoms with Crippen LogP contribution < -0.4 is 4.72 Å². The number of benzene rings is 1. The molecule has 2 aromatic rings. The summed E-state index contributed by atoms with van der Waals surface area (Å²) in [6.07, 6.45) is 0. The molecule has 2 rings (SSSR count). The molecule has 0 unspecified atom stereocenters. The fourth-order valence-electron chi connectivity index (χ4n) is 1.70. The highest BCUT2D eigenvalue weighted by Gasteiger charge is 2.19. The fraction of sp³-hybridized carbons (Fsp3) is 0.231. The standard InChI is InChI=1S/C13H13N5O2S/c1-8-6-11(7-14)4-5-12(8)21(19,20)18-13-15-9(2)10(3)16-17-13/h4-6H,1-3H3,(H,15,17,18). The zero-order valence-corrected chi connectivity index (χ0v) is 12.6. The van der Waals surface area contributed by atoms with Crippen LogP contribution in [0.25, 0.3) is 0 Å². The number of nitriles is 1. The summed E-state index contributed by atoms with van der Waals surface area (Å²) in [7, 11) is -3.82. The lowest BCUT2D eigenvalue weighted by molar-refractivity contribution is 0.600. The van der Waals surface area contributed by atoms with Gasteiger partial charge in [0.05, 0.1) is 27.9 Å². The predicted octanol–water partition coefficient (Wildman–Crippen LogP) is 1.47. The van der Waals surface area contributed by atoms with Gasteiger partial charge < -0.3 is 0 Å². The van der Waals surface area contributed by atoms with E-state index in [1.807, 2.05) is 6.07 Å². The van der Waals surface area contributed by atoms with E-state index in [0.717, 1.165) is 0 Å². The predicted molar refractivity (Wildman–Crippen MR) is 76.0 cm³/mol. The quantitative estimate of drug-likeness (QED) is 0.919. The van der Waals surface area contributed by atoms with E-state index in [2.05, 4.69) is 19.9 Å². The number of nitrogens with zero attached hydrogens (tertiary/aromatic N) is 4. The van der Waals surface area contributed by atoms with Gasteiger partial charge in [-0.2, -0.15) is 10.4 Å². The highest BCUT2D eigenvalue weighted by atomic mass is 32.2. The van der Waals surface area contributed by atoms with Crippen molar-refractivity contribution >= 4 is 16.0 Å². The molecular formula is C13H13N5O2S. The number of sulfonamides is 1. The molecule has 1 aromatic heterocycles. The summed E-state index contributed by atoms with van der Waals surface area (Å²) in [5, 5.41) is 16.3. The van der Waals surface area contributed by atoms with Crippen molar-refractivity contribution in [3.8, 4) is 6.07 Å². The van der Waals surface area contributed by atoms with E-state index in [-0.39, 0.29) is 10.8 Å². The van der Waals surface area contributed by atoms with Crippen LogP contribution in [0.1, 0.15) is 22.5 Å². The normalized spacial score (nSPS) is 11.0. The number of aromatic nitrogens is 3. The number of anilines is 1. The molecule has 0 radical (unpaired) electrons. The first-order valence-electron chi connectivity index (χ1n) is 6.05. The molecule has 108 valence electrons. The Balaban J connectivity index is 2.38. The SMILES string of the molecule is Cc1cc(C#N)ccc1S(=O)(=O)Nc1nnc(C)c(C)n1. The Kier molecular flexibility index (Phi) is 3.86. The summed E-state index contributed by atoms with van der Waals surface area (Å²) in [6.45, 7) is 5.07. The van der Waals surface area contributed by atoms with Crippen LogP contribution in [0.5, 0.6) is 0 Å². The van der Waals surface area contributed by atoms with Crippen molar-refractivity contribution in [1.29, 1.82) is 5.26 Å². The molecule has 0 aliphatic rings. The fourth-order valence-corrected chi connectivity index (χ4v) is 2.86. The molecule has 7 nitrogen and oxygen atoms in total. The Morgan fingerprint density at radius 3 is 2.43 bits per heavy atom. The Morgan fingerprint density at radius 2 is 1.86 bits per heavy atom. The van der Waals surface area contributed by atoms with Gasteiger partial charge in [-0.15, -0.1) is 5.10 Å². The third-order valence-electron chi connectivity index (χ3n) is 2.91. The van der Waals surface area contributed by atoms with E-state index in [1.165, 1.54) is 18.2 Å². The van der Waals surface area contributed by atoms with Crippen molar-refractivity contribution in [3.63, 3.8) is 0 Å². The molecule has 0 spiro atoms. The topological polar surface area (TPSA) is 109 Å². The number of hydrogen-bond donors (Lipinski definition) is 1. The molecule has 1 N–H and O–H groups in total. The second-order valence-corrected chi connectivity index (χ2v) is 6.15. The maximum atomic E-state index is 12.3. The number of aryl methyl sites for hydroxylation is 3. The van der Waals surface area contributed by atoms with Crippen LogP contribution in [-0.2, 0) is 10.0 Å². The van der Waals surface area contributed by atoms with Gasteiger partial charge in [-0.25, -0.2) is 18.1 Å². The maximum Gasteiger partial charge on any atom is 0.264 e. The number of rotatable bonds is 3. The molecular weight excluding hydrogens is 290 g/mol. The van der Waals surface area contributed by atoms with Gasteiger partial charge in [0.15, 0.2) is 0 Å². The highest BCUT2D eigenvalue weighted by Crippen LogP contribution is 2.18. The van der Waals surface area contributed by atoms with E-state index in [4.69, 9.17) is 5.26 Å². The average Bonchev–Trinajstić information content (AvgIpc) is 2.42. The lowest BCUT2D eigenvalue weighted by Crippen LogP contribution is -2.17. The number of nitrogens with one attached hydrogen (secondary N) is 1. The summed E-state index contributed by atoms with van der Waals surface area (Å²) in [5.41, 5.74) is 2.10. The Morgan fingerprint density at radius 1 is 1.14 bits per heavy atom. The lowest BCUT2D eigenvalue weighted by atomic mass is 10.2. The van der Waals surface area contributed by atoms with Gasteiger partial charge in [-0.3, -0.25) is 0 Å². The van der Waals surface area contributed by atoms with Crippen LogP contribution in [0.3, 0.4) is 0 Å². The Labute approximate surface area is 122 Å². The largest absolute Gasteiger partial charge is 0.264 e. The van der Waals surface area contributed by atoms with E-state index in [9.17, 15) is 8.42 Å². The number of hydrogen-bond acceptors (Lipinski definition) is 6. The second kappa shape index (κ2) is 5.46. The minimum absolute atomic E-state index is 0.0725. The molecule has 0 saturated carbocycles. The monoisotopic (exact) mass is 303 g/mol. The van der Waals surface area contributed by atoms with Crippen molar-refractivity contribution in [3.05, 3.63) is 40.7 Å². The third kappa shape index (κ3) is 3.14. The summed E-state index contributed by atoms with van der Waals surface area (Å²) in [5.74, 6) is -0.0816. The molecule has 0 atom stereocenters. The molecule has 0 aliphatic carbocycles. The lowest BCUT2D eigenvalue weighted by Gasteiger charge is -2.09. The summed E-state index contributed by atoms with van der Waals surface area (Å²) in [4.78, 5) is 4.10. The summed E-state index contributed by atoms with van der Waals surface area (Å²) < 4.78 is 26.9. The second-order valence-electron chi connectivity index (χ2n) is 4.50. The van der Waals surface area contributed by atoms with Crippen LogP contribution in [0.2, 0.25) is 0 Å². The molecule has 8 heteroatoms. The third-order valence-corrected chi connectivity index (χ3v) is 4.40. The van der Waals surface area contributed by atoms with Gasteiger partial charge in [-0.05, 0) is 44.5 Å². The molecule has 0 aliphatic heterocycles. The molecule has 0 bridgehead atoms. The van der Waals surface area contributed by atoms with Crippen LogP contribution in [0, 0.1) is 32.1 Å². The van der Waals surface area contributed by atoms with Crippen molar-refractivity contribution in [2.75, 3.05) is 4.72 Å². The maximum absolute atomic E-state index is 12.3. The molecule has 1 heterocycles. The van der Waals surface area contributed by atoms with Gasteiger partial charge in [-0.1, -0.05) is 0 Å². The molecule has 0 fully saturated rings. The van der Waals surface area contributed by atoms with Crippen molar-refractivity contribution in [1.82, 2.24) is 15.2 Å². The van der Waals surface area contributed by atoms with Gasteiger partial charge in [0.1, 0.15) is 0 Å². The zero-order valence-electron chi connectivity index (χ0n) is 11.7. The van der Waals surface area contributed by atoms with Crippen LogP contribution in [0.15, 0.2) is 23.1 Å². The van der Waals surface area contributed by atoms with E-state index in [0.29, 0.717) is 22.5 Å². The average molecular weight is 303 g/mol. The molecule has 0 saturated heterocycles. The zero-order chi connectivity index (χ0) is 15.6. The highest BCUT2D eigenvalue weighted by molar-refractivity contribution is 7.92. The first-order chi connectivity index (χ1) is 9.83. The van der Waals surface area contributed by atoms with Gasteiger partial charge >= 0.3 is 0 Å². The van der Waals surface area contributed by atoms with Gasteiger partial charge in [0, 0.05) is 0 Å². The smallest absolute Gasteiger partial charge is 0.246 e. The van der Waals surface area contributed by atoms with Gasteiger partial charge in [0.2, 0.25) is 0 Å². The van der Waals surface area contributed by atoms with Crippen molar-refractivity contribution < 1.29 is 8.42 Å². The Hall–Kier alpha value is -2.53. The van der Waals surface area contributed by atoms with Crippen LogP contribution in [0.4, 0.5) is 5.95 Å². The summed E-state index contributed by atoms with van der Waals surface area (Å²) >= 11 is 0. The Bertz CT molecular complexity index is 840. The van der Waals surface area contributed by atoms with Crippen molar-refractivity contribution in [2.45, 2.75) is 25.7 Å². The molecule has 1 aromatic carbocycles. The molecule has 0 amide bonds. The molecule has 21 heavy (non-hydrogen) atoms. The summed E-state index contributed by atoms with van der Waals surface area (Å²) in [6, 6.07) is 6.29. The van der Waals surface area contributed by atoms with Crippen molar-refractivity contribution in [2.24, 2.45) is 0 Å². The van der Waals surface area contributed by atoms with E-state index >= 15 is 0 Å². The van der Waals surface area contributed by atoms with Gasteiger partial charge in [0.25, 0.3) is 16.0 Å². The minimum Gasteiger partial charge on any atom is -0.246 e. The van der Waals surface area contributed by atoms with Crippen LogP contribution in [-0.4, -0.2) is 23.6 Å². The van der Waals surface area contributed by atoms with E-state index < -0.39 is 10.0 Å². The minimum atomic E-state index is -3.82. The van der Waals surface area contributed by atoms with E-state index in [1.54, 1.807) is 20.8 Å².